The highest BCUT2D eigenvalue weighted by Gasteiger charge is 2.31. The van der Waals surface area contributed by atoms with Gasteiger partial charge in [-0.25, -0.2) is 13.4 Å². The molecule has 0 bridgehead atoms. The molecule has 1 aromatic rings. The molecule has 1 heterocycles. The van der Waals surface area contributed by atoms with E-state index in [9.17, 15) is 8.42 Å². The number of nitrogens with one attached hydrogen (secondary N) is 1. The van der Waals surface area contributed by atoms with Crippen LogP contribution in [0.4, 0.5) is 0 Å². The summed E-state index contributed by atoms with van der Waals surface area (Å²) in [6, 6.07) is 6.48. The van der Waals surface area contributed by atoms with E-state index in [0.29, 0.717) is 5.56 Å². The van der Waals surface area contributed by atoms with Gasteiger partial charge in [-0.2, -0.15) is 0 Å². The van der Waals surface area contributed by atoms with E-state index in [4.69, 9.17) is 11.5 Å². The number of nitrogens with two attached hydrogens (primary N) is 2. The average molecular weight is 266 g/mol. The second-order valence-electron chi connectivity index (χ2n) is 4.07. The van der Waals surface area contributed by atoms with Gasteiger partial charge in [0.15, 0.2) is 21.5 Å². The molecule has 1 aliphatic rings. The van der Waals surface area contributed by atoms with Crippen molar-refractivity contribution in [3.63, 3.8) is 0 Å². The number of benzene rings is 1. The minimum absolute atomic E-state index is 0.142. The molecule has 0 saturated heterocycles. The van der Waals surface area contributed by atoms with Crippen molar-refractivity contribution in [2.75, 3.05) is 6.26 Å². The largest absolute Gasteiger partial charge is 0.370 e. The Balaban J connectivity index is 2.66. The number of aliphatic imine (C=N–C) groups is 1. The molecule has 7 heteroatoms. The Morgan fingerprint density at radius 3 is 2.61 bits per heavy atom. The average Bonchev–Trinajstić information content (AvgIpc) is 2.27. The van der Waals surface area contributed by atoms with Crippen LogP contribution in [0.2, 0.25) is 0 Å². The lowest BCUT2D eigenvalue weighted by molar-refractivity contribution is 0.558. The van der Waals surface area contributed by atoms with E-state index in [1.54, 1.807) is 30.5 Å². The molecule has 2 rings (SSSR count). The highest BCUT2D eigenvalue weighted by atomic mass is 32.2. The van der Waals surface area contributed by atoms with Crippen LogP contribution in [0.3, 0.4) is 0 Å². The number of rotatable bonds is 2. The lowest BCUT2D eigenvalue weighted by Gasteiger charge is -2.27. The van der Waals surface area contributed by atoms with Crippen molar-refractivity contribution in [1.82, 2.24) is 5.32 Å². The molecule has 0 saturated carbocycles. The first-order valence-corrected chi connectivity index (χ1v) is 7.10. The topological polar surface area (TPSA) is 111 Å². The van der Waals surface area contributed by atoms with Crippen LogP contribution in [0.1, 0.15) is 5.56 Å². The van der Waals surface area contributed by atoms with E-state index >= 15 is 0 Å². The summed E-state index contributed by atoms with van der Waals surface area (Å²) in [5, 5.41) is 2.68. The van der Waals surface area contributed by atoms with Crippen LogP contribution in [0.25, 0.3) is 0 Å². The normalized spacial score (nSPS) is 23.3. The second-order valence-corrected chi connectivity index (χ2v) is 6.05. The molecule has 1 unspecified atom stereocenters. The Morgan fingerprint density at radius 2 is 2.00 bits per heavy atom. The maximum Gasteiger partial charge on any atom is 0.195 e. The Hall–Kier alpha value is -1.86. The highest BCUT2D eigenvalue weighted by Crippen LogP contribution is 2.29. The van der Waals surface area contributed by atoms with Crippen LogP contribution in [-0.2, 0) is 15.5 Å². The van der Waals surface area contributed by atoms with Crippen molar-refractivity contribution in [2.45, 2.75) is 10.6 Å². The van der Waals surface area contributed by atoms with Crippen LogP contribution < -0.4 is 16.8 Å². The van der Waals surface area contributed by atoms with Crippen LogP contribution in [0.5, 0.6) is 0 Å². The Bertz CT molecular complexity index is 636. The fourth-order valence-corrected chi connectivity index (χ4v) is 2.75. The minimum atomic E-state index is -3.38. The number of nitrogens with zero attached hydrogens (tertiary/aromatic N) is 1. The number of sulfone groups is 1. The van der Waals surface area contributed by atoms with Gasteiger partial charge >= 0.3 is 0 Å². The first-order valence-electron chi connectivity index (χ1n) is 5.21. The molecule has 1 atom stereocenters. The summed E-state index contributed by atoms with van der Waals surface area (Å²) in [6.07, 6.45) is 4.24. The standard InChI is InChI=1S/C11H14N4O2S/c1-18(16,17)9-5-3-2-4-8(9)11(13)6-7-14-10(12)15-11/h2-7H,13H2,1H3,(H3,12,14,15). The molecular formula is C11H14N4O2S. The summed E-state index contributed by atoms with van der Waals surface area (Å²) in [7, 11) is -3.38. The fourth-order valence-electron chi connectivity index (χ4n) is 1.79. The van der Waals surface area contributed by atoms with Crippen molar-refractivity contribution in [1.29, 1.82) is 0 Å². The SMILES string of the molecule is CS(=O)(=O)c1ccccc1C1(N)C=CNC(N)=N1. The third-order valence-corrected chi connectivity index (χ3v) is 3.75. The van der Waals surface area contributed by atoms with Crippen molar-refractivity contribution >= 4 is 15.8 Å². The summed E-state index contributed by atoms with van der Waals surface area (Å²) in [5.74, 6) is 0.142. The zero-order valence-electron chi connectivity index (χ0n) is 9.79. The highest BCUT2D eigenvalue weighted by molar-refractivity contribution is 7.90. The van der Waals surface area contributed by atoms with Gasteiger partial charge in [-0.1, -0.05) is 18.2 Å². The first-order chi connectivity index (χ1) is 8.33. The van der Waals surface area contributed by atoms with Crippen LogP contribution in [0, 0.1) is 0 Å². The van der Waals surface area contributed by atoms with Crippen LogP contribution in [0.15, 0.2) is 46.4 Å². The molecule has 1 aliphatic heterocycles. The zero-order valence-corrected chi connectivity index (χ0v) is 10.6. The molecule has 0 radical (unpaired) electrons. The maximum atomic E-state index is 11.7. The van der Waals surface area contributed by atoms with Crippen molar-refractivity contribution < 1.29 is 8.42 Å². The van der Waals surface area contributed by atoms with E-state index in [1.807, 2.05) is 0 Å². The van der Waals surface area contributed by atoms with Gasteiger partial charge in [-0.05, 0) is 12.1 Å². The van der Waals surface area contributed by atoms with E-state index in [2.05, 4.69) is 10.3 Å². The quantitative estimate of drug-likeness (QED) is 0.676. The molecule has 5 N–H and O–H groups in total. The van der Waals surface area contributed by atoms with E-state index < -0.39 is 15.5 Å². The van der Waals surface area contributed by atoms with Gasteiger partial charge in [0.25, 0.3) is 0 Å². The van der Waals surface area contributed by atoms with Crippen LogP contribution >= 0.6 is 0 Å². The summed E-state index contributed by atoms with van der Waals surface area (Å²) in [5.41, 5.74) is 10.8. The molecule has 0 spiro atoms. The van der Waals surface area contributed by atoms with E-state index in [0.717, 1.165) is 6.26 Å². The summed E-state index contributed by atoms with van der Waals surface area (Å²) < 4.78 is 23.5. The summed E-state index contributed by atoms with van der Waals surface area (Å²) in [6.45, 7) is 0. The molecule has 96 valence electrons. The van der Waals surface area contributed by atoms with Gasteiger partial charge in [0.2, 0.25) is 0 Å². The van der Waals surface area contributed by atoms with Crippen molar-refractivity contribution in [3.8, 4) is 0 Å². The lowest BCUT2D eigenvalue weighted by Crippen LogP contribution is -2.43. The predicted molar refractivity (Wildman–Crippen MR) is 69.3 cm³/mol. The smallest absolute Gasteiger partial charge is 0.195 e. The molecule has 6 nitrogen and oxygen atoms in total. The molecule has 0 fully saturated rings. The molecule has 0 aliphatic carbocycles. The van der Waals surface area contributed by atoms with Crippen molar-refractivity contribution in [2.24, 2.45) is 16.5 Å². The zero-order chi connectivity index (χ0) is 13.4. The van der Waals surface area contributed by atoms with Gasteiger partial charge in [0.1, 0.15) is 0 Å². The maximum absolute atomic E-state index is 11.7. The molecule has 0 aromatic heterocycles. The van der Waals surface area contributed by atoms with Gasteiger partial charge < -0.3 is 11.1 Å². The van der Waals surface area contributed by atoms with Gasteiger partial charge in [-0.15, -0.1) is 0 Å². The monoisotopic (exact) mass is 266 g/mol. The number of hydrogen-bond acceptors (Lipinski definition) is 6. The van der Waals surface area contributed by atoms with Gasteiger partial charge in [-0.3, -0.25) is 5.73 Å². The molecule has 18 heavy (non-hydrogen) atoms. The summed E-state index contributed by atoms with van der Waals surface area (Å²) in [4.78, 5) is 4.22. The Labute approximate surface area is 105 Å². The lowest BCUT2D eigenvalue weighted by atomic mass is 10.0. The van der Waals surface area contributed by atoms with Crippen LogP contribution in [-0.4, -0.2) is 20.6 Å². The van der Waals surface area contributed by atoms with Crippen molar-refractivity contribution in [3.05, 3.63) is 42.1 Å². The molecule has 0 amide bonds. The number of guanidine groups is 1. The van der Waals surface area contributed by atoms with E-state index in [-0.39, 0.29) is 10.9 Å². The summed E-state index contributed by atoms with van der Waals surface area (Å²) >= 11 is 0. The molecular weight excluding hydrogens is 252 g/mol. The Morgan fingerprint density at radius 1 is 1.33 bits per heavy atom. The predicted octanol–water partition coefficient (Wildman–Crippen LogP) is -0.367. The number of hydrogen-bond donors (Lipinski definition) is 3. The fraction of sp³-hybridized carbons (Fsp3) is 0.182. The Kier molecular flexibility index (Phi) is 2.88. The second kappa shape index (κ2) is 4.11. The van der Waals surface area contributed by atoms with E-state index in [1.165, 1.54) is 6.07 Å². The molecule has 1 aromatic carbocycles. The van der Waals surface area contributed by atoms with Gasteiger partial charge in [0.05, 0.1) is 4.90 Å². The minimum Gasteiger partial charge on any atom is -0.370 e. The third kappa shape index (κ3) is 2.22. The third-order valence-electron chi connectivity index (χ3n) is 2.59. The van der Waals surface area contributed by atoms with Gasteiger partial charge in [0, 0.05) is 18.0 Å². The first kappa shape index (κ1) is 12.6.